The number of aryl methyl sites for hydroxylation is 1. The first-order valence-corrected chi connectivity index (χ1v) is 6.97. The van der Waals surface area contributed by atoms with Gasteiger partial charge in [0.25, 0.3) is 5.91 Å². The molecular weight excluding hydrogens is 242 g/mol. The molecule has 0 aliphatic carbocycles. The summed E-state index contributed by atoms with van der Waals surface area (Å²) >= 11 is 0. The number of hydrogen-bond donors (Lipinski definition) is 1. The molecule has 2 aliphatic heterocycles. The number of nitrogens with two attached hydrogens (primary N) is 1. The molecule has 104 valence electrons. The molecule has 1 unspecified atom stereocenters. The molecule has 3 heterocycles. The summed E-state index contributed by atoms with van der Waals surface area (Å²) in [6.07, 6.45) is 5.23. The van der Waals surface area contributed by atoms with E-state index in [1.54, 1.807) is 17.9 Å². The first-order chi connectivity index (χ1) is 9.16. The van der Waals surface area contributed by atoms with Gasteiger partial charge in [-0.2, -0.15) is 5.10 Å². The van der Waals surface area contributed by atoms with Crippen LogP contribution in [-0.4, -0.2) is 57.7 Å². The number of rotatable bonds is 2. The molecule has 1 aromatic rings. The normalized spacial score (nSPS) is 24.3. The van der Waals surface area contributed by atoms with Crippen LogP contribution in [0.4, 0.5) is 5.82 Å². The van der Waals surface area contributed by atoms with Crippen molar-refractivity contribution in [3.05, 3.63) is 11.8 Å². The summed E-state index contributed by atoms with van der Waals surface area (Å²) in [5.41, 5.74) is 6.40. The SMILES string of the molecule is Cn1ncc(C(=O)N2CCC(N3CCCC3)C2)c1N. The van der Waals surface area contributed by atoms with Crippen molar-refractivity contribution in [2.75, 3.05) is 31.9 Å². The Morgan fingerprint density at radius 3 is 2.74 bits per heavy atom. The Hall–Kier alpha value is -1.56. The van der Waals surface area contributed by atoms with E-state index in [0.29, 0.717) is 17.4 Å². The van der Waals surface area contributed by atoms with Gasteiger partial charge in [-0.05, 0) is 32.4 Å². The van der Waals surface area contributed by atoms with Crippen LogP contribution in [0.15, 0.2) is 6.20 Å². The fourth-order valence-electron chi connectivity index (χ4n) is 3.11. The van der Waals surface area contributed by atoms with Crippen LogP contribution < -0.4 is 5.73 Å². The first kappa shape index (κ1) is 12.5. The maximum absolute atomic E-state index is 12.4. The molecule has 6 nitrogen and oxygen atoms in total. The van der Waals surface area contributed by atoms with E-state index in [9.17, 15) is 4.79 Å². The lowest BCUT2D eigenvalue weighted by Crippen LogP contribution is -2.37. The average molecular weight is 263 g/mol. The van der Waals surface area contributed by atoms with Gasteiger partial charge >= 0.3 is 0 Å². The Labute approximate surface area is 113 Å². The van der Waals surface area contributed by atoms with Crippen molar-refractivity contribution in [1.82, 2.24) is 19.6 Å². The maximum atomic E-state index is 12.4. The molecule has 1 amide bonds. The predicted octanol–water partition coefficient (Wildman–Crippen LogP) is 0.313. The number of likely N-dealkylation sites (tertiary alicyclic amines) is 2. The summed E-state index contributed by atoms with van der Waals surface area (Å²) in [4.78, 5) is 16.8. The fourth-order valence-corrected chi connectivity index (χ4v) is 3.11. The van der Waals surface area contributed by atoms with E-state index in [1.165, 1.54) is 25.9 Å². The number of carbonyl (C=O) groups is 1. The minimum absolute atomic E-state index is 0.0206. The molecule has 2 aliphatic rings. The van der Waals surface area contributed by atoms with Crippen LogP contribution in [0.1, 0.15) is 29.6 Å². The Morgan fingerprint density at radius 2 is 2.11 bits per heavy atom. The molecular formula is C13H21N5O. The lowest BCUT2D eigenvalue weighted by molar-refractivity contribution is 0.0781. The van der Waals surface area contributed by atoms with Crippen LogP contribution in [0.25, 0.3) is 0 Å². The van der Waals surface area contributed by atoms with E-state index in [1.807, 2.05) is 4.90 Å². The van der Waals surface area contributed by atoms with Gasteiger partial charge in [0.15, 0.2) is 0 Å². The second-order valence-electron chi connectivity index (χ2n) is 5.50. The van der Waals surface area contributed by atoms with Gasteiger partial charge in [0.2, 0.25) is 0 Å². The largest absolute Gasteiger partial charge is 0.383 e. The smallest absolute Gasteiger partial charge is 0.259 e. The quantitative estimate of drug-likeness (QED) is 0.834. The van der Waals surface area contributed by atoms with Gasteiger partial charge in [-0.15, -0.1) is 0 Å². The van der Waals surface area contributed by atoms with Gasteiger partial charge in [0.1, 0.15) is 11.4 Å². The zero-order valence-electron chi connectivity index (χ0n) is 11.4. The first-order valence-electron chi connectivity index (χ1n) is 6.97. The highest BCUT2D eigenvalue weighted by Crippen LogP contribution is 2.23. The third-order valence-electron chi connectivity index (χ3n) is 4.32. The van der Waals surface area contributed by atoms with Gasteiger partial charge in [0.05, 0.1) is 6.20 Å². The highest BCUT2D eigenvalue weighted by molar-refractivity contribution is 5.98. The number of nitrogen functional groups attached to an aromatic ring is 1. The minimum Gasteiger partial charge on any atom is -0.383 e. The van der Waals surface area contributed by atoms with Crippen LogP contribution in [-0.2, 0) is 7.05 Å². The Balaban J connectivity index is 1.67. The molecule has 19 heavy (non-hydrogen) atoms. The van der Waals surface area contributed by atoms with Crippen LogP contribution in [0.3, 0.4) is 0 Å². The number of hydrogen-bond acceptors (Lipinski definition) is 4. The third-order valence-corrected chi connectivity index (χ3v) is 4.32. The van der Waals surface area contributed by atoms with Crippen molar-refractivity contribution in [2.24, 2.45) is 7.05 Å². The van der Waals surface area contributed by atoms with Crippen LogP contribution in [0, 0.1) is 0 Å². The molecule has 2 saturated heterocycles. The zero-order chi connectivity index (χ0) is 13.4. The molecule has 0 bridgehead atoms. The van der Waals surface area contributed by atoms with Crippen molar-refractivity contribution >= 4 is 11.7 Å². The fraction of sp³-hybridized carbons (Fsp3) is 0.692. The molecule has 2 fully saturated rings. The third kappa shape index (κ3) is 2.20. The van der Waals surface area contributed by atoms with E-state index in [0.717, 1.165) is 19.5 Å². The van der Waals surface area contributed by atoms with Gasteiger partial charge in [-0.1, -0.05) is 0 Å². The number of anilines is 1. The topological polar surface area (TPSA) is 67.4 Å². The molecule has 1 aromatic heterocycles. The molecule has 1 atom stereocenters. The number of amides is 1. The molecule has 3 rings (SSSR count). The second kappa shape index (κ2) is 4.85. The van der Waals surface area contributed by atoms with Crippen molar-refractivity contribution < 1.29 is 4.79 Å². The number of nitrogens with zero attached hydrogens (tertiary/aromatic N) is 4. The Bertz CT molecular complexity index is 477. The summed E-state index contributed by atoms with van der Waals surface area (Å²) in [6.45, 7) is 4.02. The molecule has 0 aromatic carbocycles. The average Bonchev–Trinajstić information content (AvgIpc) is 3.11. The summed E-state index contributed by atoms with van der Waals surface area (Å²) < 4.78 is 1.54. The van der Waals surface area contributed by atoms with Gasteiger partial charge < -0.3 is 10.6 Å². The standard InChI is InChI=1S/C13H21N5O/c1-16-12(14)11(8-15-16)13(19)18-7-4-10(9-18)17-5-2-3-6-17/h8,10H,2-7,9,14H2,1H3. The number of aromatic nitrogens is 2. The lowest BCUT2D eigenvalue weighted by Gasteiger charge is -2.23. The van der Waals surface area contributed by atoms with E-state index in [-0.39, 0.29) is 5.91 Å². The van der Waals surface area contributed by atoms with E-state index in [4.69, 9.17) is 5.73 Å². The second-order valence-corrected chi connectivity index (χ2v) is 5.50. The zero-order valence-corrected chi connectivity index (χ0v) is 11.4. The lowest BCUT2D eigenvalue weighted by atomic mass is 10.2. The summed E-state index contributed by atoms with van der Waals surface area (Å²) in [5, 5.41) is 4.04. The highest BCUT2D eigenvalue weighted by atomic mass is 16.2. The molecule has 0 spiro atoms. The van der Waals surface area contributed by atoms with E-state index >= 15 is 0 Å². The van der Waals surface area contributed by atoms with Gasteiger partial charge in [0, 0.05) is 26.2 Å². The monoisotopic (exact) mass is 263 g/mol. The maximum Gasteiger partial charge on any atom is 0.259 e. The Morgan fingerprint density at radius 1 is 1.37 bits per heavy atom. The Kier molecular flexibility index (Phi) is 3.18. The van der Waals surface area contributed by atoms with E-state index in [2.05, 4.69) is 10.00 Å². The molecule has 6 heteroatoms. The van der Waals surface area contributed by atoms with Crippen molar-refractivity contribution in [3.8, 4) is 0 Å². The molecule has 2 N–H and O–H groups in total. The molecule has 0 saturated carbocycles. The summed E-state index contributed by atoms with van der Waals surface area (Å²) in [5.74, 6) is 0.474. The number of carbonyl (C=O) groups excluding carboxylic acids is 1. The van der Waals surface area contributed by atoms with Gasteiger partial charge in [-0.3, -0.25) is 14.4 Å². The van der Waals surface area contributed by atoms with Gasteiger partial charge in [-0.25, -0.2) is 0 Å². The van der Waals surface area contributed by atoms with Crippen molar-refractivity contribution in [1.29, 1.82) is 0 Å². The van der Waals surface area contributed by atoms with Crippen LogP contribution >= 0.6 is 0 Å². The highest BCUT2D eigenvalue weighted by Gasteiger charge is 2.32. The van der Waals surface area contributed by atoms with Crippen LogP contribution in [0.5, 0.6) is 0 Å². The van der Waals surface area contributed by atoms with Crippen molar-refractivity contribution in [3.63, 3.8) is 0 Å². The predicted molar refractivity (Wildman–Crippen MR) is 72.7 cm³/mol. The van der Waals surface area contributed by atoms with Crippen LogP contribution in [0.2, 0.25) is 0 Å². The minimum atomic E-state index is 0.0206. The summed E-state index contributed by atoms with van der Waals surface area (Å²) in [7, 11) is 1.75. The van der Waals surface area contributed by atoms with E-state index < -0.39 is 0 Å². The molecule has 0 radical (unpaired) electrons. The van der Waals surface area contributed by atoms with Crippen molar-refractivity contribution in [2.45, 2.75) is 25.3 Å². The summed E-state index contributed by atoms with van der Waals surface area (Å²) in [6, 6.07) is 0.532.